The molecule has 5 nitrogen and oxygen atoms in total. The molecule has 0 spiro atoms. The van der Waals surface area contributed by atoms with Crippen LogP contribution in [0.1, 0.15) is 43.1 Å². The number of anilines is 1. The Kier molecular flexibility index (Phi) is 3.21. The van der Waals surface area contributed by atoms with Crippen molar-refractivity contribution in [2.45, 2.75) is 39.2 Å². The maximum absolute atomic E-state index is 12.0. The fourth-order valence-corrected chi connectivity index (χ4v) is 3.16. The van der Waals surface area contributed by atoms with Gasteiger partial charge in [-0.3, -0.25) is 4.79 Å². The number of carbonyl (C=O) groups is 1. The summed E-state index contributed by atoms with van der Waals surface area (Å²) in [6.07, 6.45) is 6.99. The van der Waals surface area contributed by atoms with E-state index in [2.05, 4.69) is 17.2 Å². The maximum Gasteiger partial charge on any atom is 0.273 e. The van der Waals surface area contributed by atoms with Crippen LogP contribution in [0.5, 0.6) is 0 Å². The molecule has 0 radical (unpaired) electrons. The van der Waals surface area contributed by atoms with E-state index in [9.17, 15) is 4.79 Å². The van der Waals surface area contributed by atoms with E-state index in [4.69, 9.17) is 0 Å². The first-order valence-corrected chi connectivity index (χ1v) is 7.19. The third kappa shape index (κ3) is 2.33. The van der Waals surface area contributed by atoms with Crippen LogP contribution in [-0.2, 0) is 6.54 Å². The Morgan fingerprint density at radius 3 is 2.84 bits per heavy atom. The quantitative estimate of drug-likeness (QED) is 0.885. The normalized spacial score (nSPS) is 27.1. The van der Waals surface area contributed by atoms with Crippen LogP contribution in [-0.4, -0.2) is 29.2 Å². The van der Waals surface area contributed by atoms with Crippen LogP contribution in [0.2, 0.25) is 0 Å². The molecule has 0 unspecified atom stereocenters. The molecule has 0 saturated heterocycles. The van der Waals surface area contributed by atoms with Crippen LogP contribution < -0.4 is 10.2 Å². The van der Waals surface area contributed by atoms with E-state index in [1.165, 1.54) is 25.7 Å². The highest BCUT2D eigenvalue weighted by Gasteiger charge is 2.27. The van der Waals surface area contributed by atoms with Crippen molar-refractivity contribution < 1.29 is 4.79 Å². The number of aromatic nitrogens is 2. The lowest BCUT2D eigenvalue weighted by atomic mass is 9.83. The van der Waals surface area contributed by atoms with Gasteiger partial charge in [-0.2, -0.15) is 0 Å². The van der Waals surface area contributed by atoms with Crippen molar-refractivity contribution in [3.05, 3.63) is 12.0 Å². The van der Waals surface area contributed by atoms with Gasteiger partial charge in [-0.15, -0.1) is 0 Å². The fraction of sp³-hybridized carbons (Fsp3) is 0.714. The van der Waals surface area contributed by atoms with E-state index < -0.39 is 0 Å². The van der Waals surface area contributed by atoms with Crippen molar-refractivity contribution in [1.82, 2.24) is 14.9 Å². The van der Waals surface area contributed by atoms with E-state index in [1.54, 1.807) is 0 Å². The summed E-state index contributed by atoms with van der Waals surface area (Å²) in [5.41, 5.74) is 0.729. The van der Waals surface area contributed by atoms with Gasteiger partial charge in [0.1, 0.15) is 0 Å². The molecule has 5 heteroatoms. The minimum atomic E-state index is 0.00905. The Bertz CT molecular complexity index is 474. The standard InChI is InChI=1S/C14H22N4O/c1-10-3-5-11(6-4-10)7-18-9-15-13-12(18)14(19)16-8-17(13)2/h9-11H,3-8H2,1-2H3,(H,16,19). The van der Waals surface area contributed by atoms with Gasteiger partial charge in [0, 0.05) is 13.6 Å². The van der Waals surface area contributed by atoms with Crippen LogP contribution in [0.4, 0.5) is 5.82 Å². The lowest BCUT2D eigenvalue weighted by Crippen LogP contribution is -2.42. The van der Waals surface area contributed by atoms with Gasteiger partial charge >= 0.3 is 0 Å². The molecule has 0 bridgehead atoms. The zero-order valence-electron chi connectivity index (χ0n) is 11.7. The monoisotopic (exact) mass is 262 g/mol. The SMILES string of the molecule is CC1CCC(Cn2cnc3c2C(=O)NCN3C)CC1. The summed E-state index contributed by atoms with van der Waals surface area (Å²) in [5.74, 6) is 2.37. The molecule has 1 aliphatic heterocycles. The molecule has 1 aromatic heterocycles. The number of rotatable bonds is 2. The molecule has 1 amide bonds. The Balaban J connectivity index is 1.77. The van der Waals surface area contributed by atoms with Crippen LogP contribution in [0.15, 0.2) is 6.33 Å². The lowest BCUT2D eigenvalue weighted by molar-refractivity contribution is 0.0936. The van der Waals surface area contributed by atoms with Crippen LogP contribution in [0.25, 0.3) is 0 Å². The van der Waals surface area contributed by atoms with Gasteiger partial charge in [0.05, 0.1) is 13.0 Å². The Hall–Kier alpha value is -1.52. The van der Waals surface area contributed by atoms with E-state index >= 15 is 0 Å². The van der Waals surface area contributed by atoms with Crippen molar-refractivity contribution in [1.29, 1.82) is 0 Å². The summed E-state index contributed by atoms with van der Waals surface area (Å²) in [4.78, 5) is 18.4. The average Bonchev–Trinajstić information content (AvgIpc) is 2.82. The van der Waals surface area contributed by atoms with Gasteiger partial charge in [-0.25, -0.2) is 4.98 Å². The van der Waals surface area contributed by atoms with Gasteiger partial charge in [0.2, 0.25) is 0 Å². The smallest absolute Gasteiger partial charge is 0.273 e. The summed E-state index contributed by atoms with van der Waals surface area (Å²) in [6.45, 7) is 3.80. The summed E-state index contributed by atoms with van der Waals surface area (Å²) in [5, 5.41) is 2.88. The second-order valence-corrected chi connectivity index (χ2v) is 6.06. The number of hydrogen-bond acceptors (Lipinski definition) is 3. The number of carbonyl (C=O) groups excluding carboxylic acids is 1. The van der Waals surface area contributed by atoms with E-state index in [1.807, 2.05) is 22.8 Å². The van der Waals surface area contributed by atoms with Crippen molar-refractivity contribution >= 4 is 11.7 Å². The van der Waals surface area contributed by atoms with Crippen molar-refractivity contribution in [2.24, 2.45) is 11.8 Å². The number of nitrogens with one attached hydrogen (secondary N) is 1. The Labute approximate surface area is 114 Å². The molecule has 1 N–H and O–H groups in total. The molecule has 2 heterocycles. The minimum Gasteiger partial charge on any atom is -0.340 e. The zero-order chi connectivity index (χ0) is 13.4. The number of fused-ring (bicyclic) bond motifs is 1. The summed E-state index contributed by atoms with van der Waals surface area (Å²) < 4.78 is 2.04. The zero-order valence-corrected chi connectivity index (χ0v) is 11.7. The highest BCUT2D eigenvalue weighted by Crippen LogP contribution is 2.30. The van der Waals surface area contributed by atoms with Crippen LogP contribution >= 0.6 is 0 Å². The highest BCUT2D eigenvalue weighted by molar-refractivity contribution is 5.99. The van der Waals surface area contributed by atoms with E-state index in [0.29, 0.717) is 12.6 Å². The predicted molar refractivity (Wildman–Crippen MR) is 74.1 cm³/mol. The van der Waals surface area contributed by atoms with E-state index in [0.717, 1.165) is 24.0 Å². The first-order valence-electron chi connectivity index (χ1n) is 7.19. The first-order chi connectivity index (χ1) is 9.15. The maximum atomic E-state index is 12.0. The molecule has 19 heavy (non-hydrogen) atoms. The summed E-state index contributed by atoms with van der Waals surface area (Å²) >= 11 is 0. The Morgan fingerprint density at radius 1 is 1.37 bits per heavy atom. The fourth-order valence-electron chi connectivity index (χ4n) is 3.16. The molecule has 1 fully saturated rings. The second-order valence-electron chi connectivity index (χ2n) is 6.06. The van der Waals surface area contributed by atoms with Gasteiger partial charge in [-0.1, -0.05) is 19.8 Å². The summed E-state index contributed by atoms with van der Waals surface area (Å²) in [6, 6.07) is 0. The van der Waals surface area contributed by atoms with Gasteiger partial charge in [0.25, 0.3) is 5.91 Å². The molecule has 104 valence electrons. The second kappa shape index (κ2) is 4.87. The molecule has 0 aromatic carbocycles. The van der Waals surface area contributed by atoms with Gasteiger partial charge in [0.15, 0.2) is 11.5 Å². The third-order valence-electron chi connectivity index (χ3n) is 4.46. The van der Waals surface area contributed by atoms with Gasteiger partial charge < -0.3 is 14.8 Å². The van der Waals surface area contributed by atoms with Gasteiger partial charge in [-0.05, 0) is 24.7 Å². The molecule has 1 saturated carbocycles. The topological polar surface area (TPSA) is 50.2 Å². The first kappa shape index (κ1) is 12.5. The minimum absolute atomic E-state index is 0.00905. The van der Waals surface area contributed by atoms with Crippen molar-refractivity contribution in [2.75, 3.05) is 18.6 Å². The van der Waals surface area contributed by atoms with Crippen LogP contribution in [0.3, 0.4) is 0 Å². The average molecular weight is 262 g/mol. The number of imidazole rings is 1. The summed E-state index contributed by atoms with van der Waals surface area (Å²) in [7, 11) is 1.96. The van der Waals surface area contributed by atoms with E-state index in [-0.39, 0.29) is 5.91 Å². The van der Waals surface area contributed by atoms with Crippen molar-refractivity contribution in [3.8, 4) is 0 Å². The number of amides is 1. The highest BCUT2D eigenvalue weighted by atomic mass is 16.2. The van der Waals surface area contributed by atoms with Crippen LogP contribution in [0, 0.1) is 11.8 Å². The molecule has 1 aliphatic carbocycles. The molecular formula is C14H22N4O. The molecule has 2 aliphatic rings. The lowest BCUT2D eigenvalue weighted by Gasteiger charge is -2.28. The largest absolute Gasteiger partial charge is 0.340 e. The molecule has 0 atom stereocenters. The predicted octanol–water partition coefficient (Wildman–Crippen LogP) is 1.85. The third-order valence-corrected chi connectivity index (χ3v) is 4.46. The molecule has 1 aromatic rings. The molecular weight excluding hydrogens is 240 g/mol. The molecule has 3 rings (SSSR count). The number of hydrogen-bond donors (Lipinski definition) is 1. The Morgan fingerprint density at radius 2 is 2.11 bits per heavy atom. The number of nitrogens with zero attached hydrogens (tertiary/aromatic N) is 3. The van der Waals surface area contributed by atoms with Crippen molar-refractivity contribution in [3.63, 3.8) is 0 Å².